The fourth-order valence-electron chi connectivity index (χ4n) is 4.62. The van der Waals surface area contributed by atoms with Crippen LogP contribution in [-0.4, -0.2) is 31.8 Å². The second kappa shape index (κ2) is 8.09. The third kappa shape index (κ3) is 3.98. The molecule has 0 N–H and O–H groups in total. The van der Waals surface area contributed by atoms with Gasteiger partial charge in [0.2, 0.25) is 10.0 Å². The van der Waals surface area contributed by atoms with Crippen molar-refractivity contribution in [2.75, 3.05) is 13.1 Å². The fourth-order valence-corrected chi connectivity index (χ4v) is 6.14. The summed E-state index contributed by atoms with van der Waals surface area (Å²) < 4.78 is 33.3. The molecule has 0 bridgehead atoms. The standard InChI is InChI=1S/C25H25NO4S/c27-25(30-23-10-8-18-4-1-2-5-21(18)16-23)20-12-14-26(15-13-20)31(28,29)24-11-9-19-6-3-7-22(19)17-24/h1-2,4-5,8-11,16-17,20H,3,6-7,12-15H2. The first kappa shape index (κ1) is 20.2. The number of benzene rings is 3. The van der Waals surface area contributed by atoms with Gasteiger partial charge in [0.25, 0.3) is 0 Å². The van der Waals surface area contributed by atoms with Crippen LogP contribution >= 0.6 is 0 Å². The van der Waals surface area contributed by atoms with Crippen LogP contribution in [-0.2, 0) is 27.7 Å². The van der Waals surface area contributed by atoms with E-state index in [0.717, 1.165) is 35.6 Å². The van der Waals surface area contributed by atoms with Crippen LogP contribution in [0.3, 0.4) is 0 Å². The average molecular weight is 436 g/mol. The van der Waals surface area contributed by atoms with Crippen LogP contribution in [0.1, 0.15) is 30.4 Å². The summed E-state index contributed by atoms with van der Waals surface area (Å²) in [6, 6.07) is 19.0. The van der Waals surface area contributed by atoms with Gasteiger partial charge in [-0.1, -0.05) is 36.4 Å². The number of esters is 1. The molecule has 3 aromatic rings. The zero-order valence-electron chi connectivity index (χ0n) is 17.3. The minimum atomic E-state index is -3.53. The summed E-state index contributed by atoms with van der Waals surface area (Å²) >= 11 is 0. The summed E-state index contributed by atoms with van der Waals surface area (Å²) in [5.41, 5.74) is 2.41. The lowest BCUT2D eigenvalue weighted by atomic mass is 9.98. The van der Waals surface area contributed by atoms with Crippen molar-refractivity contribution in [3.63, 3.8) is 0 Å². The number of aryl methyl sites for hydroxylation is 2. The third-order valence-corrected chi connectivity index (χ3v) is 8.33. The molecule has 0 spiro atoms. The Morgan fingerprint density at radius 1 is 0.871 bits per heavy atom. The van der Waals surface area contributed by atoms with Crippen molar-refractivity contribution in [1.29, 1.82) is 0 Å². The maximum Gasteiger partial charge on any atom is 0.314 e. The number of fused-ring (bicyclic) bond motifs is 2. The van der Waals surface area contributed by atoms with Crippen LogP contribution in [0.4, 0.5) is 0 Å². The molecule has 0 unspecified atom stereocenters. The first-order valence-corrected chi connectivity index (χ1v) is 12.3. The second-order valence-electron chi connectivity index (χ2n) is 8.39. The highest BCUT2D eigenvalue weighted by atomic mass is 32.2. The van der Waals surface area contributed by atoms with Gasteiger partial charge in [-0.2, -0.15) is 4.31 Å². The first-order valence-electron chi connectivity index (χ1n) is 10.8. The van der Waals surface area contributed by atoms with Crippen LogP contribution < -0.4 is 4.74 Å². The number of hydrogen-bond donors (Lipinski definition) is 0. The third-order valence-electron chi connectivity index (χ3n) is 6.43. The minimum Gasteiger partial charge on any atom is -0.426 e. The van der Waals surface area contributed by atoms with Crippen molar-refractivity contribution in [3.8, 4) is 5.75 Å². The molecule has 1 fully saturated rings. The van der Waals surface area contributed by atoms with Gasteiger partial charge in [-0.15, -0.1) is 0 Å². The van der Waals surface area contributed by atoms with Crippen molar-refractivity contribution in [2.45, 2.75) is 37.0 Å². The van der Waals surface area contributed by atoms with Crippen LogP contribution in [0.25, 0.3) is 10.8 Å². The number of carbonyl (C=O) groups is 1. The zero-order valence-corrected chi connectivity index (χ0v) is 18.1. The Bertz CT molecular complexity index is 1240. The summed E-state index contributed by atoms with van der Waals surface area (Å²) in [7, 11) is -3.53. The van der Waals surface area contributed by atoms with Crippen LogP contribution in [0, 0.1) is 5.92 Å². The smallest absolute Gasteiger partial charge is 0.314 e. The van der Waals surface area contributed by atoms with Crippen molar-refractivity contribution in [2.24, 2.45) is 5.92 Å². The van der Waals surface area contributed by atoms with Gasteiger partial charge in [-0.05, 0) is 78.3 Å². The number of sulfonamides is 1. The molecule has 3 aromatic carbocycles. The summed E-state index contributed by atoms with van der Waals surface area (Å²) in [6.07, 6.45) is 4.00. The number of rotatable bonds is 4. The van der Waals surface area contributed by atoms with Crippen molar-refractivity contribution in [3.05, 3.63) is 71.8 Å². The van der Waals surface area contributed by atoms with E-state index < -0.39 is 10.0 Å². The van der Waals surface area contributed by atoms with E-state index in [9.17, 15) is 13.2 Å². The number of ether oxygens (including phenoxy) is 1. The molecule has 5 nitrogen and oxygen atoms in total. The van der Waals surface area contributed by atoms with Crippen LogP contribution in [0.5, 0.6) is 5.75 Å². The van der Waals surface area contributed by atoms with Crippen LogP contribution in [0.2, 0.25) is 0 Å². The number of nitrogens with zero attached hydrogens (tertiary/aromatic N) is 1. The van der Waals surface area contributed by atoms with Gasteiger partial charge in [0.1, 0.15) is 5.75 Å². The molecule has 1 aliphatic heterocycles. The lowest BCUT2D eigenvalue weighted by molar-refractivity contribution is -0.140. The van der Waals surface area contributed by atoms with E-state index in [-0.39, 0.29) is 11.9 Å². The van der Waals surface area contributed by atoms with Gasteiger partial charge >= 0.3 is 5.97 Å². The summed E-state index contributed by atoms with van der Waals surface area (Å²) in [5, 5.41) is 2.11. The summed E-state index contributed by atoms with van der Waals surface area (Å²) in [4.78, 5) is 13.0. The molecule has 0 aromatic heterocycles. The van der Waals surface area contributed by atoms with Crippen molar-refractivity contribution < 1.29 is 17.9 Å². The topological polar surface area (TPSA) is 63.7 Å². The quantitative estimate of drug-likeness (QED) is 0.452. The molecule has 6 heteroatoms. The van der Waals surface area contributed by atoms with E-state index in [1.165, 1.54) is 9.87 Å². The molecule has 0 amide bonds. The zero-order chi connectivity index (χ0) is 21.4. The lowest BCUT2D eigenvalue weighted by Gasteiger charge is -2.30. The van der Waals surface area contributed by atoms with Gasteiger partial charge in [0.05, 0.1) is 10.8 Å². The number of hydrogen-bond acceptors (Lipinski definition) is 4. The Labute approximate surface area is 182 Å². The molecule has 0 saturated carbocycles. The molecule has 0 atom stereocenters. The molecule has 5 rings (SSSR count). The molecular formula is C25H25NO4S. The van der Waals surface area contributed by atoms with Gasteiger partial charge in [0.15, 0.2) is 0 Å². The van der Waals surface area contributed by atoms with E-state index in [1.54, 1.807) is 12.1 Å². The molecule has 31 heavy (non-hydrogen) atoms. The molecule has 1 aliphatic carbocycles. The average Bonchev–Trinajstić information content (AvgIpc) is 3.27. The van der Waals surface area contributed by atoms with E-state index in [2.05, 4.69) is 0 Å². The normalized spacial score (nSPS) is 17.5. The van der Waals surface area contributed by atoms with E-state index in [4.69, 9.17) is 4.74 Å². The van der Waals surface area contributed by atoms with Gasteiger partial charge in [-0.25, -0.2) is 8.42 Å². The maximum atomic E-state index is 13.1. The Kier molecular flexibility index (Phi) is 5.28. The van der Waals surface area contributed by atoms with Crippen LogP contribution in [0.15, 0.2) is 65.6 Å². The number of carbonyl (C=O) groups excluding carboxylic acids is 1. The highest BCUT2D eigenvalue weighted by Crippen LogP contribution is 2.29. The molecule has 1 saturated heterocycles. The molecule has 1 heterocycles. The largest absolute Gasteiger partial charge is 0.426 e. The van der Waals surface area contributed by atoms with E-state index in [1.807, 2.05) is 48.5 Å². The minimum absolute atomic E-state index is 0.287. The highest BCUT2D eigenvalue weighted by Gasteiger charge is 2.33. The van der Waals surface area contributed by atoms with Gasteiger partial charge < -0.3 is 4.74 Å². The molecular weight excluding hydrogens is 410 g/mol. The Hall–Kier alpha value is -2.70. The summed E-state index contributed by atoms with van der Waals surface area (Å²) in [5.74, 6) is -0.0558. The van der Waals surface area contributed by atoms with Crippen molar-refractivity contribution in [1.82, 2.24) is 4.31 Å². The molecule has 0 radical (unpaired) electrons. The van der Waals surface area contributed by atoms with Gasteiger partial charge in [-0.3, -0.25) is 4.79 Å². The fraction of sp³-hybridized carbons (Fsp3) is 0.320. The first-order chi connectivity index (χ1) is 15.0. The predicted octanol–water partition coefficient (Wildman–Crippen LogP) is 4.33. The highest BCUT2D eigenvalue weighted by molar-refractivity contribution is 7.89. The summed E-state index contributed by atoms with van der Waals surface area (Å²) in [6.45, 7) is 0.661. The molecule has 160 valence electrons. The van der Waals surface area contributed by atoms with E-state index >= 15 is 0 Å². The molecule has 2 aliphatic rings. The SMILES string of the molecule is O=C(Oc1ccc2ccccc2c1)C1CCN(S(=O)(=O)c2ccc3c(c2)CCC3)CC1. The lowest BCUT2D eigenvalue weighted by Crippen LogP contribution is -2.41. The monoisotopic (exact) mass is 435 g/mol. The van der Waals surface area contributed by atoms with Crippen molar-refractivity contribution >= 4 is 26.8 Å². The Morgan fingerprint density at radius 3 is 2.42 bits per heavy atom. The Balaban J connectivity index is 1.23. The van der Waals surface area contributed by atoms with Gasteiger partial charge in [0, 0.05) is 13.1 Å². The predicted molar refractivity (Wildman–Crippen MR) is 120 cm³/mol. The van der Waals surface area contributed by atoms with E-state index in [0.29, 0.717) is 36.6 Å². The maximum absolute atomic E-state index is 13.1. The number of piperidine rings is 1. The second-order valence-corrected chi connectivity index (χ2v) is 10.3. The Morgan fingerprint density at radius 2 is 1.61 bits per heavy atom.